The highest BCUT2D eigenvalue weighted by molar-refractivity contribution is 4.63. The Balaban J connectivity index is 1.66. The summed E-state index contributed by atoms with van der Waals surface area (Å²) in [5.74, 6) is 0. The average Bonchev–Trinajstić information content (AvgIpc) is 2.62. The number of unbranched alkanes of at least 4 members (excludes halogenated alkanes) is 15. The van der Waals surface area contributed by atoms with E-state index in [0.29, 0.717) is 6.10 Å². The molecule has 0 N–H and O–H groups in total. The van der Waals surface area contributed by atoms with Crippen molar-refractivity contribution in [3.63, 3.8) is 0 Å². The molecule has 0 bridgehead atoms. The maximum atomic E-state index is 5.80. The van der Waals surface area contributed by atoms with Crippen molar-refractivity contribution in [2.24, 2.45) is 0 Å². The summed E-state index contributed by atoms with van der Waals surface area (Å²) < 4.78 is 5.80. The lowest BCUT2D eigenvalue weighted by molar-refractivity contribution is 0.00977. The number of hydrogen-bond acceptors (Lipinski definition) is 1. The molecule has 1 heterocycles. The summed E-state index contributed by atoms with van der Waals surface area (Å²) in [4.78, 5) is 0. The first-order valence-electron chi connectivity index (χ1n) is 11.5. The van der Waals surface area contributed by atoms with Gasteiger partial charge in [0.15, 0.2) is 0 Å². The first kappa shape index (κ1) is 22.0. The van der Waals surface area contributed by atoms with E-state index in [1.165, 1.54) is 128 Å². The van der Waals surface area contributed by atoms with Gasteiger partial charge in [0.1, 0.15) is 0 Å². The zero-order valence-electron chi connectivity index (χ0n) is 16.8. The molecule has 144 valence electrons. The van der Waals surface area contributed by atoms with Crippen LogP contribution in [0.5, 0.6) is 0 Å². The molecule has 1 aliphatic rings. The highest BCUT2D eigenvalue weighted by Crippen LogP contribution is 2.19. The fourth-order valence-corrected chi connectivity index (χ4v) is 3.96. The van der Waals surface area contributed by atoms with Crippen LogP contribution in [0.15, 0.2) is 0 Å². The summed E-state index contributed by atoms with van der Waals surface area (Å²) in [5.41, 5.74) is 0. The predicted molar refractivity (Wildman–Crippen MR) is 108 cm³/mol. The summed E-state index contributed by atoms with van der Waals surface area (Å²) in [7, 11) is 0. The minimum atomic E-state index is 0.602. The monoisotopic (exact) mass is 338 g/mol. The van der Waals surface area contributed by atoms with E-state index < -0.39 is 0 Å². The lowest BCUT2D eigenvalue weighted by Crippen LogP contribution is -2.18. The van der Waals surface area contributed by atoms with E-state index in [4.69, 9.17) is 4.74 Å². The molecule has 1 heteroatoms. The summed E-state index contributed by atoms with van der Waals surface area (Å²) in [6.07, 6.45) is 29.2. The van der Waals surface area contributed by atoms with Gasteiger partial charge in [0.2, 0.25) is 0 Å². The van der Waals surface area contributed by atoms with Crippen LogP contribution in [0.25, 0.3) is 0 Å². The Hall–Kier alpha value is -0.0400. The molecule has 0 aromatic rings. The summed E-state index contributed by atoms with van der Waals surface area (Å²) in [6, 6.07) is 0. The van der Waals surface area contributed by atoms with Crippen LogP contribution in [-0.2, 0) is 4.74 Å². The molecule has 0 aromatic carbocycles. The van der Waals surface area contributed by atoms with Gasteiger partial charge in [0.25, 0.3) is 0 Å². The van der Waals surface area contributed by atoms with E-state index in [9.17, 15) is 0 Å². The van der Waals surface area contributed by atoms with Crippen LogP contribution >= 0.6 is 0 Å². The van der Waals surface area contributed by atoms with E-state index in [-0.39, 0.29) is 0 Å². The molecule has 1 aliphatic heterocycles. The van der Waals surface area contributed by atoms with Crippen molar-refractivity contribution >= 4 is 0 Å². The molecule has 1 unspecified atom stereocenters. The van der Waals surface area contributed by atoms with Gasteiger partial charge >= 0.3 is 0 Å². The molecule has 1 fully saturated rings. The SMILES string of the molecule is CCCCCCCCCCCCCCCCCCC1CCCCO1. The van der Waals surface area contributed by atoms with Crippen LogP contribution in [-0.4, -0.2) is 12.7 Å². The van der Waals surface area contributed by atoms with Crippen LogP contribution in [0.3, 0.4) is 0 Å². The number of hydrogen-bond donors (Lipinski definition) is 0. The topological polar surface area (TPSA) is 9.23 Å². The second-order valence-corrected chi connectivity index (χ2v) is 8.08. The van der Waals surface area contributed by atoms with Crippen LogP contribution in [0.1, 0.15) is 135 Å². The first-order valence-corrected chi connectivity index (χ1v) is 11.5. The van der Waals surface area contributed by atoms with Crippen molar-refractivity contribution in [2.75, 3.05) is 6.61 Å². The first-order chi connectivity index (χ1) is 11.9. The molecule has 1 nitrogen and oxygen atoms in total. The average molecular weight is 339 g/mol. The second kappa shape index (κ2) is 17.8. The van der Waals surface area contributed by atoms with Crippen molar-refractivity contribution in [3.8, 4) is 0 Å². The Morgan fingerprint density at radius 2 is 1.04 bits per heavy atom. The van der Waals surface area contributed by atoms with Crippen LogP contribution < -0.4 is 0 Å². The van der Waals surface area contributed by atoms with Gasteiger partial charge in [-0.25, -0.2) is 0 Å². The Kier molecular flexibility index (Phi) is 16.3. The zero-order valence-corrected chi connectivity index (χ0v) is 16.8. The van der Waals surface area contributed by atoms with Crippen molar-refractivity contribution in [3.05, 3.63) is 0 Å². The molecular formula is C23H46O. The highest BCUT2D eigenvalue weighted by Gasteiger charge is 2.12. The molecule has 1 rings (SSSR count). The number of ether oxygens (including phenoxy) is 1. The molecule has 0 amide bonds. The predicted octanol–water partition coefficient (Wildman–Crippen LogP) is 8.21. The van der Waals surface area contributed by atoms with Gasteiger partial charge < -0.3 is 4.74 Å². The van der Waals surface area contributed by atoms with Gasteiger partial charge in [-0.1, -0.05) is 110 Å². The molecule has 0 aromatic heterocycles. The van der Waals surface area contributed by atoms with Crippen molar-refractivity contribution in [2.45, 2.75) is 141 Å². The summed E-state index contributed by atoms with van der Waals surface area (Å²) in [5, 5.41) is 0. The van der Waals surface area contributed by atoms with E-state index in [0.717, 1.165) is 6.61 Å². The highest BCUT2D eigenvalue weighted by atomic mass is 16.5. The van der Waals surface area contributed by atoms with Crippen LogP contribution in [0.4, 0.5) is 0 Å². The molecular weight excluding hydrogens is 292 g/mol. The maximum Gasteiger partial charge on any atom is 0.0575 e. The third kappa shape index (κ3) is 14.3. The quantitative estimate of drug-likeness (QED) is 0.243. The maximum absolute atomic E-state index is 5.80. The minimum absolute atomic E-state index is 0.602. The van der Waals surface area contributed by atoms with E-state index in [2.05, 4.69) is 6.92 Å². The minimum Gasteiger partial charge on any atom is -0.378 e. The molecule has 1 saturated heterocycles. The summed E-state index contributed by atoms with van der Waals surface area (Å²) in [6.45, 7) is 3.32. The Bertz CT molecular complexity index is 232. The second-order valence-electron chi connectivity index (χ2n) is 8.08. The van der Waals surface area contributed by atoms with Crippen molar-refractivity contribution in [1.82, 2.24) is 0 Å². The van der Waals surface area contributed by atoms with Crippen molar-refractivity contribution < 1.29 is 4.74 Å². The van der Waals surface area contributed by atoms with Gasteiger partial charge in [-0.2, -0.15) is 0 Å². The van der Waals surface area contributed by atoms with Gasteiger partial charge in [-0.05, 0) is 25.7 Å². The molecule has 24 heavy (non-hydrogen) atoms. The Morgan fingerprint density at radius 3 is 1.46 bits per heavy atom. The molecule has 0 radical (unpaired) electrons. The lowest BCUT2D eigenvalue weighted by Gasteiger charge is -2.22. The fourth-order valence-electron chi connectivity index (χ4n) is 3.96. The standard InChI is InChI=1S/C23H46O/c1-2-3-4-5-6-7-8-9-10-11-12-13-14-15-16-17-20-23-21-18-19-22-24-23/h23H,2-22H2,1H3. The lowest BCUT2D eigenvalue weighted by atomic mass is 10.0. The molecule has 0 spiro atoms. The fraction of sp³-hybridized carbons (Fsp3) is 1.00. The molecule has 0 aliphatic carbocycles. The largest absolute Gasteiger partial charge is 0.378 e. The molecule has 1 atom stereocenters. The van der Waals surface area contributed by atoms with Gasteiger partial charge in [0, 0.05) is 6.61 Å². The Morgan fingerprint density at radius 1 is 0.583 bits per heavy atom. The van der Waals surface area contributed by atoms with Gasteiger partial charge in [-0.3, -0.25) is 0 Å². The van der Waals surface area contributed by atoms with Gasteiger partial charge in [-0.15, -0.1) is 0 Å². The number of rotatable bonds is 17. The molecule has 0 saturated carbocycles. The smallest absolute Gasteiger partial charge is 0.0575 e. The van der Waals surface area contributed by atoms with Crippen LogP contribution in [0.2, 0.25) is 0 Å². The third-order valence-electron chi connectivity index (χ3n) is 5.65. The summed E-state index contributed by atoms with van der Waals surface area (Å²) >= 11 is 0. The third-order valence-corrected chi connectivity index (χ3v) is 5.65. The van der Waals surface area contributed by atoms with E-state index in [1.54, 1.807) is 0 Å². The zero-order chi connectivity index (χ0) is 17.1. The van der Waals surface area contributed by atoms with E-state index >= 15 is 0 Å². The Labute approximate surface area is 153 Å². The van der Waals surface area contributed by atoms with Crippen LogP contribution in [0, 0.1) is 0 Å². The van der Waals surface area contributed by atoms with Crippen molar-refractivity contribution in [1.29, 1.82) is 0 Å². The van der Waals surface area contributed by atoms with Gasteiger partial charge in [0.05, 0.1) is 6.10 Å². The van der Waals surface area contributed by atoms with E-state index in [1.807, 2.05) is 0 Å². The normalized spacial score (nSPS) is 18.1.